The van der Waals surface area contributed by atoms with Gasteiger partial charge in [-0.25, -0.2) is 0 Å². The summed E-state index contributed by atoms with van der Waals surface area (Å²) in [6, 6.07) is 0. The van der Waals surface area contributed by atoms with Crippen LogP contribution < -0.4 is 0 Å². The van der Waals surface area contributed by atoms with E-state index in [1.54, 1.807) is 0 Å². The van der Waals surface area contributed by atoms with Crippen molar-refractivity contribution in [3.63, 3.8) is 0 Å². The lowest BCUT2D eigenvalue weighted by molar-refractivity contribution is -0.629. The Labute approximate surface area is 111 Å². The van der Waals surface area contributed by atoms with Gasteiger partial charge in [-0.05, 0) is 56.3 Å². The molecule has 0 spiro atoms. The van der Waals surface area contributed by atoms with Crippen molar-refractivity contribution in [2.24, 2.45) is 46.3 Å². The van der Waals surface area contributed by atoms with Crippen LogP contribution in [0.2, 0.25) is 0 Å². The first-order valence-corrected chi connectivity index (χ1v) is 7.16. The SMILES string of the molecule is COC(=O)C12C3C4C1C1C2C3C41C(=O)OC(C)(C)C. The zero-order valence-corrected chi connectivity index (χ0v) is 11.6. The molecular weight excluding hydrogens is 244 g/mol. The smallest absolute Gasteiger partial charge is 0.313 e. The standard InChI is InChI=1S/C15H18O4/c1-13(2,3)19-12(17)15-8-5-9(15)7-10(15)6(8)14(5,7)11(16)18-4/h5-10H,1-4H3. The number of esters is 2. The number of methoxy groups -OCH3 is 1. The molecule has 0 N–H and O–H groups in total. The summed E-state index contributed by atoms with van der Waals surface area (Å²) in [6.07, 6.45) is 0. The van der Waals surface area contributed by atoms with Crippen LogP contribution in [-0.2, 0) is 19.1 Å². The number of rotatable bonds is 2. The van der Waals surface area contributed by atoms with Crippen molar-refractivity contribution < 1.29 is 19.1 Å². The molecule has 0 atom stereocenters. The molecule has 102 valence electrons. The van der Waals surface area contributed by atoms with E-state index in [1.807, 2.05) is 20.8 Å². The van der Waals surface area contributed by atoms with Crippen molar-refractivity contribution in [1.29, 1.82) is 0 Å². The third-order valence-electron chi connectivity index (χ3n) is 6.92. The van der Waals surface area contributed by atoms with Crippen molar-refractivity contribution >= 4 is 11.9 Å². The normalized spacial score (nSPS) is 60.4. The molecule has 0 aliphatic heterocycles. The van der Waals surface area contributed by atoms with E-state index in [4.69, 9.17) is 9.47 Å². The highest BCUT2D eigenvalue weighted by Gasteiger charge is 3.13. The van der Waals surface area contributed by atoms with Gasteiger partial charge in [0.2, 0.25) is 0 Å². The van der Waals surface area contributed by atoms with Crippen LogP contribution in [0.25, 0.3) is 0 Å². The Morgan fingerprint density at radius 1 is 0.842 bits per heavy atom. The molecular formula is C15H18O4. The topological polar surface area (TPSA) is 52.6 Å². The zero-order valence-electron chi connectivity index (χ0n) is 11.6. The third kappa shape index (κ3) is 0.622. The van der Waals surface area contributed by atoms with Crippen LogP contribution in [0.3, 0.4) is 0 Å². The van der Waals surface area contributed by atoms with E-state index in [9.17, 15) is 9.59 Å². The van der Waals surface area contributed by atoms with E-state index >= 15 is 0 Å². The largest absolute Gasteiger partial charge is 0.469 e. The van der Waals surface area contributed by atoms with E-state index in [0.29, 0.717) is 35.5 Å². The Hall–Kier alpha value is -1.06. The zero-order chi connectivity index (χ0) is 13.5. The molecule has 6 aliphatic rings. The van der Waals surface area contributed by atoms with Gasteiger partial charge in [0.05, 0.1) is 17.9 Å². The first kappa shape index (κ1) is 10.7. The summed E-state index contributed by atoms with van der Waals surface area (Å²) in [4.78, 5) is 24.4. The molecule has 0 saturated heterocycles. The Morgan fingerprint density at radius 3 is 1.53 bits per heavy atom. The number of carbonyl (C=O) groups excluding carboxylic acids is 2. The van der Waals surface area contributed by atoms with E-state index in [-0.39, 0.29) is 22.8 Å². The van der Waals surface area contributed by atoms with Gasteiger partial charge in [0.15, 0.2) is 0 Å². The summed E-state index contributed by atoms with van der Waals surface area (Å²) in [5.74, 6) is 2.59. The molecule has 0 amide bonds. The first-order chi connectivity index (χ1) is 8.84. The number of hydrogen-bond donors (Lipinski definition) is 0. The molecule has 6 rings (SSSR count). The maximum Gasteiger partial charge on any atom is 0.313 e. The van der Waals surface area contributed by atoms with Crippen LogP contribution >= 0.6 is 0 Å². The Balaban J connectivity index is 1.42. The molecule has 0 bridgehead atoms. The Bertz CT molecular complexity index is 501. The minimum absolute atomic E-state index is 0.00177. The highest BCUT2D eigenvalue weighted by molar-refractivity contribution is 5.96. The molecule has 4 nitrogen and oxygen atoms in total. The maximum atomic E-state index is 12.4. The lowest BCUT2D eigenvalue weighted by Gasteiger charge is -3.08. The lowest BCUT2D eigenvalue weighted by Crippen LogP contribution is -3.12. The lowest BCUT2D eigenvalue weighted by atomic mass is 8.92. The molecule has 0 aromatic heterocycles. The van der Waals surface area contributed by atoms with Gasteiger partial charge in [-0.2, -0.15) is 0 Å². The van der Waals surface area contributed by atoms with Crippen LogP contribution in [0.1, 0.15) is 20.8 Å². The average Bonchev–Trinajstić information content (AvgIpc) is 2.35. The predicted octanol–water partition coefficient (Wildman–Crippen LogP) is 1.24. The van der Waals surface area contributed by atoms with Crippen molar-refractivity contribution in [1.82, 2.24) is 0 Å². The monoisotopic (exact) mass is 262 g/mol. The fraction of sp³-hybridized carbons (Fsp3) is 0.867. The number of carbonyl (C=O) groups is 2. The van der Waals surface area contributed by atoms with Crippen LogP contribution in [0.4, 0.5) is 0 Å². The van der Waals surface area contributed by atoms with Crippen molar-refractivity contribution in [3.05, 3.63) is 0 Å². The molecule has 19 heavy (non-hydrogen) atoms. The molecule has 0 unspecified atom stereocenters. The highest BCUT2D eigenvalue weighted by Crippen LogP contribution is 3.10. The van der Waals surface area contributed by atoms with Gasteiger partial charge in [0.1, 0.15) is 5.60 Å². The molecule has 6 saturated carbocycles. The van der Waals surface area contributed by atoms with Gasteiger partial charge in [-0.15, -0.1) is 0 Å². The van der Waals surface area contributed by atoms with Crippen molar-refractivity contribution in [2.75, 3.05) is 7.11 Å². The van der Waals surface area contributed by atoms with Crippen molar-refractivity contribution in [2.45, 2.75) is 26.4 Å². The average molecular weight is 262 g/mol. The van der Waals surface area contributed by atoms with Crippen molar-refractivity contribution in [3.8, 4) is 0 Å². The van der Waals surface area contributed by atoms with Gasteiger partial charge >= 0.3 is 11.9 Å². The fourth-order valence-electron chi connectivity index (χ4n) is 6.89. The maximum absolute atomic E-state index is 12.4. The summed E-state index contributed by atoms with van der Waals surface area (Å²) < 4.78 is 10.6. The van der Waals surface area contributed by atoms with Gasteiger partial charge < -0.3 is 9.47 Å². The summed E-state index contributed by atoms with van der Waals surface area (Å²) in [7, 11) is 1.48. The van der Waals surface area contributed by atoms with Crippen LogP contribution in [0, 0.1) is 46.3 Å². The molecule has 0 aromatic rings. The van der Waals surface area contributed by atoms with E-state index in [1.165, 1.54) is 7.11 Å². The summed E-state index contributed by atoms with van der Waals surface area (Å²) >= 11 is 0. The summed E-state index contributed by atoms with van der Waals surface area (Å²) in [5, 5.41) is 0. The highest BCUT2D eigenvalue weighted by atomic mass is 16.6. The molecule has 6 aliphatic carbocycles. The van der Waals surface area contributed by atoms with Gasteiger partial charge in [-0.3, -0.25) is 9.59 Å². The second-order valence-electron chi connectivity index (χ2n) is 8.01. The first-order valence-electron chi connectivity index (χ1n) is 7.16. The second kappa shape index (κ2) is 2.33. The van der Waals surface area contributed by atoms with Gasteiger partial charge in [-0.1, -0.05) is 0 Å². The fourth-order valence-corrected chi connectivity index (χ4v) is 6.89. The quantitative estimate of drug-likeness (QED) is 0.703. The number of ether oxygens (including phenoxy) is 2. The molecule has 0 heterocycles. The Kier molecular flexibility index (Phi) is 1.31. The summed E-state index contributed by atoms with van der Waals surface area (Å²) in [5.41, 5.74) is -0.742. The summed E-state index contributed by atoms with van der Waals surface area (Å²) in [6.45, 7) is 5.76. The molecule has 4 heteroatoms. The van der Waals surface area contributed by atoms with Gasteiger partial charge in [0.25, 0.3) is 0 Å². The number of hydrogen-bond acceptors (Lipinski definition) is 4. The molecule has 6 fully saturated rings. The predicted molar refractivity (Wildman–Crippen MR) is 63.7 cm³/mol. The van der Waals surface area contributed by atoms with Crippen LogP contribution in [0.15, 0.2) is 0 Å². The van der Waals surface area contributed by atoms with E-state index < -0.39 is 5.60 Å². The third-order valence-corrected chi connectivity index (χ3v) is 6.92. The molecule has 0 radical (unpaired) electrons. The molecule has 0 aromatic carbocycles. The van der Waals surface area contributed by atoms with Gasteiger partial charge in [0, 0.05) is 0 Å². The van der Waals surface area contributed by atoms with E-state index in [2.05, 4.69) is 0 Å². The second-order valence-corrected chi connectivity index (χ2v) is 8.01. The minimum Gasteiger partial charge on any atom is -0.469 e. The minimum atomic E-state index is -0.410. The van der Waals surface area contributed by atoms with Crippen LogP contribution in [0.5, 0.6) is 0 Å². The Morgan fingerprint density at radius 2 is 1.21 bits per heavy atom. The van der Waals surface area contributed by atoms with Crippen LogP contribution in [-0.4, -0.2) is 24.6 Å². The van der Waals surface area contributed by atoms with E-state index in [0.717, 1.165) is 0 Å².